The summed E-state index contributed by atoms with van der Waals surface area (Å²) < 4.78 is 10.9. The standard InChI is InChI=1S/C19H25N3O3/c1-24-16-9-14-15(10-17(16)25-2)20-18(12-5-3-6-12)21-19(14)22-8-4-7-13(22)11-23/h9-10,12-13,23H,3-8,11H2,1-2H3/t13-/m0/s1. The van der Waals surface area contributed by atoms with Crippen molar-refractivity contribution < 1.29 is 14.6 Å². The van der Waals surface area contributed by atoms with Crippen LogP contribution in [0.15, 0.2) is 12.1 Å². The smallest absolute Gasteiger partial charge is 0.162 e. The average Bonchev–Trinajstić information content (AvgIpc) is 3.06. The molecule has 1 aromatic heterocycles. The molecule has 1 aliphatic heterocycles. The fraction of sp³-hybridized carbons (Fsp3) is 0.579. The van der Waals surface area contributed by atoms with Crippen LogP contribution in [0.25, 0.3) is 10.9 Å². The number of rotatable bonds is 5. The molecule has 2 heterocycles. The largest absolute Gasteiger partial charge is 0.493 e. The molecule has 0 radical (unpaired) electrons. The lowest BCUT2D eigenvalue weighted by molar-refractivity contribution is 0.266. The molecule has 0 bridgehead atoms. The number of aliphatic hydroxyl groups excluding tert-OH is 1. The number of nitrogens with zero attached hydrogens (tertiary/aromatic N) is 3. The lowest BCUT2D eigenvalue weighted by Crippen LogP contribution is -2.33. The Hall–Kier alpha value is -2.08. The van der Waals surface area contributed by atoms with Crippen molar-refractivity contribution in [2.75, 3.05) is 32.3 Å². The maximum atomic E-state index is 9.76. The van der Waals surface area contributed by atoms with Gasteiger partial charge in [-0.05, 0) is 31.7 Å². The van der Waals surface area contributed by atoms with E-state index in [1.54, 1.807) is 14.2 Å². The van der Waals surface area contributed by atoms with Crippen LogP contribution in [-0.2, 0) is 0 Å². The highest BCUT2D eigenvalue weighted by Crippen LogP contribution is 2.40. The molecule has 2 aliphatic rings. The van der Waals surface area contributed by atoms with Crippen LogP contribution < -0.4 is 14.4 Å². The van der Waals surface area contributed by atoms with Crippen molar-refractivity contribution in [1.82, 2.24) is 9.97 Å². The Morgan fingerprint density at radius 2 is 1.84 bits per heavy atom. The Kier molecular flexibility index (Phi) is 4.37. The van der Waals surface area contributed by atoms with Gasteiger partial charge in [0.25, 0.3) is 0 Å². The first-order valence-electron chi connectivity index (χ1n) is 9.06. The van der Waals surface area contributed by atoms with Crippen LogP contribution in [0.4, 0.5) is 5.82 Å². The van der Waals surface area contributed by atoms with Crippen molar-refractivity contribution in [1.29, 1.82) is 0 Å². The average molecular weight is 343 g/mol. The molecule has 0 spiro atoms. The lowest BCUT2D eigenvalue weighted by Gasteiger charge is -2.29. The molecule has 2 fully saturated rings. The fourth-order valence-electron chi connectivity index (χ4n) is 3.83. The zero-order valence-electron chi connectivity index (χ0n) is 14.9. The zero-order valence-corrected chi connectivity index (χ0v) is 14.9. The second-order valence-electron chi connectivity index (χ2n) is 6.93. The van der Waals surface area contributed by atoms with Crippen LogP contribution in [0.2, 0.25) is 0 Å². The van der Waals surface area contributed by atoms with Gasteiger partial charge in [0, 0.05) is 23.9 Å². The Morgan fingerprint density at radius 1 is 1.08 bits per heavy atom. The van der Waals surface area contributed by atoms with Crippen molar-refractivity contribution in [2.45, 2.75) is 44.1 Å². The fourth-order valence-corrected chi connectivity index (χ4v) is 3.83. The third kappa shape index (κ3) is 2.78. The van der Waals surface area contributed by atoms with Gasteiger partial charge in [0.2, 0.25) is 0 Å². The maximum Gasteiger partial charge on any atom is 0.162 e. The first-order chi connectivity index (χ1) is 12.2. The van der Waals surface area contributed by atoms with E-state index in [1.807, 2.05) is 12.1 Å². The van der Waals surface area contributed by atoms with Gasteiger partial charge in [-0.1, -0.05) is 6.42 Å². The van der Waals surface area contributed by atoms with Crippen LogP contribution in [0.3, 0.4) is 0 Å². The topological polar surface area (TPSA) is 67.7 Å². The number of benzene rings is 1. The molecule has 0 unspecified atom stereocenters. The lowest BCUT2D eigenvalue weighted by atomic mass is 9.85. The van der Waals surface area contributed by atoms with Crippen molar-refractivity contribution in [3.8, 4) is 11.5 Å². The van der Waals surface area contributed by atoms with E-state index >= 15 is 0 Å². The van der Waals surface area contributed by atoms with Gasteiger partial charge in [0.05, 0.1) is 32.4 Å². The molecule has 6 heteroatoms. The molecule has 134 valence electrons. The van der Waals surface area contributed by atoms with Crippen LogP contribution in [0.1, 0.15) is 43.8 Å². The molecule has 6 nitrogen and oxygen atoms in total. The zero-order chi connectivity index (χ0) is 17.4. The minimum absolute atomic E-state index is 0.125. The van der Waals surface area contributed by atoms with Gasteiger partial charge in [-0.2, -0.15) is 0 Å². The summed E-state index contributed by atoms with van der Waals surface area (Å²) in [5, 5.41) is 10.7. The normalized spacial score (nSPS) is 20.8. The number of ether oxygens (including phenoxy) is 2. The third-order valence-electron chi connectivity index (χ3n) is 5.53. The molecule has 4 rings (SSSR count). The molecule has 1 atom stereocenters. The number of aromatic nitrogens is 2. The van der Waals surface area contributed by atoms with E-state index in [1.165, 1.54) is 6.42 Å². The number of methoxy groups -OCH3 is 2. The first kappa shape index (κ1) is 16.4. The summed E-state index contributed by atoms with van der Waals surface area (Å²) in [7, 11) is 3.28. The van der Waals surface area contributed by atoms with E-state index in [-0.39, 0.29) is 12.6 Å². The van der Waals surface area contributed by atoms with Gasteiger partial charge in [-0.25, -0.2) is 9.97 Å². The van der Waals surface area contributed by atoms with Crippen molar-refractivity contribution in [3.05, 3.63) is 18.0 Å². The Morgan fingerprint density at radius 3 is 2.48 bits per heavy atom. The van der Waals surface area contributed by atoms with Gasteiger partial charge in [0.1, 0.15) is 11.6 Å². The second kappa shape index (κ2) is 6.67. The van der Waals surface area contributed by atoms with Crippen LogP contribution >= 0.6 is 0 Å². The van der Waals surface area contributed by atoms with E-state index < -0.39 is 0 Å². The number of fused-ring (bicyclic) bond motifs is 1. The summed E-state index contributed by atoms with van der Waals surface area (Å²) in [5.41, 5.74) is 0.883. The number of hydrogen-bond donors (Lipinski definition) is 1. The van der Waals surface area contributed by atoms with Crippen molar-refractivity contribution in [2.24, 2.45) is 0 Å². The van der Waals surface area contributed by atoms with Gasteiger partial charge < -0.3 is 19.5 Å². The Bertz CT molecular complexity index is 776. The van der Waals surface area contributed by atoms with Crippen LogP contribution in [0.5, 0.6) is 11.5 Å². The van der Waals surface area contributed by atoms with Gasteiger partial charge in [-0.15, -0.1) is 0 Å². The molecule has 25 heavy (non-hydrogen) atoms. The monoisotopic (exact) mass is 343 g/mol. The molecule has 1 saturated carbocycles. The maximum absolute atomic E-state index is 9.76. The molecule has 1 saturated heterocycles. The quantitative estimate of drug-likeness (QED) is 0.900. The highest BCUT2D eigenvalue weighted by atomic mass is 16.5. The van der Waals surface area contributed by atoms with E-state index in [2.05, 4.69) is 4.90 Å². The molecule has 1 aromatic carbocycles. The second-order valence-corrected chi connectivity index (χ2v) is 6.93. The molecule has 2 aromatic rings. The summed E-state index contributed by atoms with van der Waals surface area (Å²) in [5.74, 6) is 3.65. The summed E-state index contributed by atoms with van der Waals surface area (Å²) in [6.07, 6.45) is 5.62. The Labute approximate surface area is 147 Å². The summed E-state index contributed by atoms with van der Waals surface area (Å²) >= 11 is 0. The SMILES string of the molecule is COc1cc2nc(C3CCC3)nc(N3CCC[C@H]3CO)c2cc1OC. The Balaban J connectivity index is 1.90. The molecular formula is C19H25N3O3. The first-order valence-corrected chi connectivity index (χ1v) is 9.06. The summed E-state index contributed by atoms with van der Waals surface area (Å²) in [4.78, 5) is 12.0. The molecule has 1 aliphatic carbocycles. The van der Waals surface area contributed by atoms with E-state index in [0.717, 1.165) is 54.8 Å². The third-order valence-corrected chi connectivity index (χ3v) is 5.53. The van der Waals surface area contributed by atoms with E-state index in [4.69, 9.17) is 19.4 Å². The van der Waals surface area contributed by atoms with Crippen molar-refractivity contribution >= 4 is 16.7 Å². The van der Waals surface area contributed by atoms with Gasteiger partial charge in [0.15, 0.2) is 11.5 Å². The van der Waals surface area contributed by atoms with Crippen LogP contribution in [0, 0.1) is 0 Å². The predicted molar refractivity (Wildman–Crippen MR) is 96.7 cm³/mol. The summed E-state index contributed by atoms with van der Waals surface area (Å²) in [6, 6.07) is 4.02. The number of aliphatic hydroxyl groups is 1. The minimum atomic E-state index is 0.125. The van der Waals surface area contributed by atoms with Crippen LogP contribution in [-0.4, -0.2) is 48.5 Å². The number of hydrogen-bond acceptors (Lipinski definition) is 6. The molecular weight excluding hydrogens is 318 g/mol. The molecule has 0 amide bonds. The molecule has 1 N–H and O–H groups in total. The van der Waals surface area contributed by atoms with E-state index in [9.17, 15) is 5.11 Å². The van der Waals surface area contributed by atoms with Gasteiger partial charge in [-0.3, -0.25) is 0 Å². The minimum Gasteiger partial charge on any atom is -0.493 e. The predicted octanol–water partition coefficient (Wildman–Crippen LogP) is 2.88. The van der Waals surface area contributed by atoms with Crippen molar-refractivity contribution in [3.63, 3.8) is 0 Å². The number of anilines is 1. The van der Waals surface area contributed by atoms with E-state index in [0.29, 0.717) is 17.4 Å². The van der Waals surface area contributed by atoms with Gasteiger partial charge >= 0.3 is 0 Å². The summed E-state index contributed by atoms with van der Waals surface area (Å²) in [6.45, 7) is 1.06. The highest BCUT2D eigenvalue weighted by Gasteiger charge is 2.30. The highest BCUT2D eigenvalue weighted by molar-refractivity contribution is 5.92.